The van der Waals surface area contributed by atoms with Gasteiger partial charge >= 0.3 is 0 Å². The molecule has 3 heteroatoms. The molecular weight excluding hydrogens is 180 g/mol. The predicted octanol–water partition coefficient (Wildman–Crippen LogP) is 1.51. The minimum Gasteiger partial charge on any atom is -0.347 e. The van der Waals surface area contributed by atoms with Gasteiger partial charge in [-0.05, 0) is 18.8 Å². The third-order valence-corrected chi connectivity index (χ3v) is 2.48. The maximum Gasteiger partial charge on any atom is 0.192 e. The third-order valence-electron chi connectivity index (χ3n) is 2.48. The molecule has 1 heterocycles. The molecule has 1 aliphatic heterocycles. The fourth-order valence-corrected chi connectivity index (χ4v) is 1.55. The molecule has 3 nitrogen and oxygen atoms in total. The van der Waals surface area contributed by atoms with Gasteiger partial charge in [-0.3, -0.25) is 4.79 Å². The summed E-state index contributed by atoms with van der Waals surface area (Å²) in [4.78, 5) is 9.97. The molecule has 1 aliphatic rings. The molecule has 14 heavy (non-hydrogen) atoms. The lowest BCUT2D eigenvalue weighted by Crippen LogP contribution is -2.28. The highest BCUT2D eigenvalue weighted by Gasteiger charge is 2.37. The number of hydrogen-bond donors (Lipinski definition) is 0. The van der Waals surface area contributed by atoms with E-state index >= 15 is 0 Å². The van der Waals surface area contributed by atoms with Crippen LogP contribution in [0.4, 0.5) is 0 Å². The zero-order valence-corrected chi connectivity index (χ0v) is 8.71. The Kier molecular flexibility index (Phi) is 4.12. The van der Waals surface area contributed by atoms with Crippen molar-refractivity contribution >= 4 is 6.29 Å². The van der Waals surface area contributed by atoms with Gasteiger partial charge in [0.2, 0.25) is 0 Å². The molecule has 1 saturated heterocycles. The summed E-state index contributed by atoms with van der Waals surface area (Å²) in [6, 6.07) is 0. The fourth-order valence-electron chi connectivity index (χ4n) is 1.55. The lowest BCUT2D eigenvalue weighted by Gasteiger charge is -2.24. The predicted molar refractivity (Wildman–Crippen MR) is 52.6 cm³/mol. The van der Waals surface area contributed by atoms with Crippen molar-refractivity contribution < 1.29 is 14.3 Å². The standard InChI is InChI=1S/C11H16O3/c1-3-11(4-2)13-9-10(14-11)7-5-6-8-12/h8,10H,3-4,7,9H2,1-2H3. The highest BCUT2D eigenvalue weighted by molar-refractivity contribution is 5.72. The Morgan fingerprint density at radius 2 is 2.21 bits per heavy atom. The van der Waals surface area contributed by atoms with Gasteiger partial charge in [-0.1, -0.05) is 19.8 Å². The molecule has 0 aromatic heterocycles. The average molecular weight is 196 g/mol. The molecule has 0 radical (unpaired) electrons. The van der Waals surface area contributed by atoms with Crippen molar-refractivity contribution in [3.05, 3.63) is 0 Å². The van der Waals surface area contributed by atoms with E-state index in [2.05, 4.69) is 11.8 Å². The summed E-state index contributed by atoms with van der Waals surface area (Å²) in [5, 5.41) is 0. The molecule has 78 valence electrons. The molecule has 0 aliphatic carbocycles. The molecule has 0 spiro atoms. The second-order valence-corrected chi connectivity index (χ2v) is 3.31. The second kappa shape index (κ2) is 5.14. The summed E-state index contributed by atoms with van der Waals surface area (Å²) in [6.45, 7) is 4.67. The van der Waals surface area contributed by atoms with E-state index in [-0.39, 0.29) is 6.10 Å². The molecule has 0 aromatic carbocycles. The number of rotatable bonds is 3. The summed E-state index contributed by atoms with van der Waals surface area (Å²) in [7, 11) is 0. The lowest BCUT2D eigenvalue weighted by atomic mass is 10.1. The van der Waals surface area contributed by atoms with E-state index in [1.807, 2.05) is 13.8 Å². The van der Waals surface area contributed by atoms with Crippen LogP contribution in [0.3, 0.4) is 0 Å². The normalized spacial score (nSPS) is 24.0. The number of hydrogen-bond acceptors (Lipinski definition) is 3. The van der Waals surface area contributed by atoms with Gasteiger partial charge in [-0.25, -0.2) is 0 Å². The smallest absolute Gasteiger partial charge is 0.192 e. The Bertz CT molecular complexity index is 245. The van der Waals surface area contributed by atoms with Gasteiger partial charge in [-0.2, -0.15) is 0 Å². The largest absolute Gasteiger partial charge is 0.347 e. The summed E-state index contributed by atoms with van der Waals surface area (Å²) < 4.78 is 11.4. The molecule has 0 bridgehead atoms. The Hall–Kier alpha value is -0.850. The van der Waals surface area contributed by atoms with Crippen molar-refractivity contribution in [3.8, 4) is 11.8 Å². The first-order valence-corrected chi connectivity index (χ1v) is 5.00. The molecule has 1 unspecified atom stereocenters. The quantitative estimate of drug-likeness (QED) is 0.507. The van der Waals surface area contributed by atoms with Crippen LogP contribution in [0.25, 0.3) is 0 Å². The Balaban J connectivity index is 2.43. The lowest BCUT2D eigenvalue weighted by molar-refractivity contribution is -0.171. The van der Waals surface area contributed by atoms with E-state index in [1.165, 1.54) is 0 Å². The topological polar surface area (TPSA) is 35.5 Å². The summed E-state index contributed by atoms with van der Waals surface area (Å²) in [6.07, 6.45) is 2.88. The molecular formula is C11H16O3. The molecule has 1 atom stereocenters. The van der Waals surface area contributed by atoms with Crippen LogP contribution in [-0.4, -0.2) is 24.8 Å². The van der Waals surface area contributed by atoms with E-state index in [0.29, 0.717) is 19.3 Å². The van der Waals surface area contributed by atoms with Crippen molar-refractivity contribution in [1.82, 2.24) is 0 Å². The van der Waals surface area contributed by atoms with Gasteiger partial charge in [0.05, 0.1) is 12.7 Å². The molecule has 0 amide bonds. The van der Waals surface area contributed by atoms with Crippen molar-refractivity contribution in [2.24, 2.45) is 0 Å². The van der Waals surface area contributed by atoms with Gasteiger partial charge in [0.25, 0.3) is 0 Å². The SMILES string of the molecule is CCC1(CC)OCC(CC#CC=O)O1. The first kappa shape index (κ1) is 11.2. The van der Waals surface area contributed by atoms with Gasteiger partial charge in [0.1, 0.15) is 0 Å². The van der Waals surface area contributed by atoms with E-state index < -0.39 is 5.79 Å². The monoisotopic (exact) mass is 196 g/mol. The molecule has 1 fully saturated rings. The first-order valence-electron chi connectivity index (χ1n) is 5.00. The summed E-state index contributed by atoms with van der Waals surface area (Å²) in [5.74, 6) is 4.70. The first-order chi connectivity index (χ1) is 6.76. The third kappa shape index (κ3) is 2.57. The van der Waals surface area contributed by atoms with Gasteiger partial charge in [0, 0.05) is 6.42 Å². The van der Waals surface area contributed by atoms with Gasteiger partial charge in [-0.15, -0.1) is 0 Å². The van der Waals surface area contributed by atoms with Crippen LogP contribution in [0.2, 0.25) is 0 Å². The van der Waals surface area contributed by atoms with Gasteiger partial charge < -0.3 is 9.47 Å². The van der Waals surface area contributed by atoms with Crippen molar-refractivity contribution in [1.29, 1.82) is 0 Å². The zero-order valence-electron chi connectivity index (χ0n) is 8.71. The van der Waals surface area contributed by atoms with Crippen LogP contribution < -0.4 is 0 Å². The Labute approximate surface area is 84.8 Å². The highest BCUT2D eigenvalue weighted by atomic mass is 16.7. The maximum absolute atomic E-state index is 9.97. The number of carbonyl (C=O) groups is 1. The van der Waals surface area contributed by atoms with E-state index in [9.17, 15) is 4.79 Å². The molecule has 0 aromatic rings. The molecule has 0 saturated carbocycles. The van der Waals surface area contributed by atoms with Crippen LogP contribution in [-0.2, 0) is 14.3 Å². The second-order valence-electron chi connectivity index (χ2n) is 3.31. The number of ether oxygens (including phenoxy) is 2. The summed E-state index contributed by atoms with van der Waals surface area (Å²) >= 11 is 0. The fraction of sp³-hybridized carbons (Fsp3) is 0.727. The maximum atomic E-state index is 9.97. The van der Waals surface area contributed by atoms with Crippen molar-refractivity contribution in [2.45, 2.75) is 45.0 Å². The Morgan fingerprint density at radius 1 is 1.50 bits per heavy atom. The average Bonchev–Trinajstić information content (AvgIpc) is 2.63. The van der Waals surface area contributed by atoms with Crippen LogP contribution in [0.15, 0.2) is 0 Å². The van der Waals surface area contributed by atoms with Crippen LogP contribution in [0, 0.1) is 11.8 Å². The van der Waals surface area contributed by atoms with E-state index in [1.54, 1.807) is 0 Å². The molecule has 0 N–H and O–H groups in total. The Morgan fingerprint density at radius 3 is 2.71 bits per heavy atom. The van der Waals surface area contributed by atoms with E-state index in [4.69, 9.17) is 9.47 Å². The van der Waals surface area contributed by atoms with Crippen molar-refractivity contribution in [2.75, 3.05) is 6.61 Å². The minimum atomic E-state index is -0.409. The number of aldehydes is 1. The van der Waals surface area contributed by atoms with Crippen LogP contribution in [0.1, 0.15) is 33.1 Å². The van der Waals surface area contributed by atoms with E-state index in [0.717, 1.165) is 12.8 Å². The summed E-state index contributed by atoms with van der Waals surface area (Å²) in [5.41, 5.74) is 0. The number of carbonyl (C=O) groups excluding carboxylic acids is 1. The minimum absolute atomic E-state index is 0.0161. The zero-order chi connectivity index (χ0) is 10.4. The van der Waals surface area contributed by atoms with Crippen LogP contribution in [0.5, 0.6) is 0 Å². The van der Waals surface area contributed by atoms with Crippen molar-refractivity contribution in [3.63, 3.8) is 0 Å². The van der Waals surface area contributed by atoms with Gasteiger partial charge in [0.15, 0.2) is 12.1 Å². The van der Waals surface area contributed by atoms with Crippen LogP contribution >= 0.6 is 0 Å². The highest BCUT2D eigenvalue weighted by Crippen LogP contribution is 2.30. The molecule has 1 rings (SSSR count).